The van der Waals surface area contributed by atoms with Gasteiger partial charge < -0.3 is 0 Å². The van der Waals surface area contributed by atoms with Crippen molar-refractivity contribution in [1.82, 2.24) is 0 Å². The van der Waals surface area contributed by atoms with Gasteiger partial charge in [0.25, 0.3) is 0 Å². The van der Waals surface area contributed by atoms with Crippen LogP contribution < -0.4 is 0 Å². The van der Waals surface area contributed by atoms with Crippen LogP contribution in [0.25, 0.3) is 0 Å². The fourth-order valence-corrected chi connectivity index (χ4v) is 2.22. The van der Waals surface area contributed by atoms with Crippen molar-refractivity contribution in [3.63, 3.8) is 0 Å². The Hall–Kier alpha value is -0.630. The lowest BCUT2D eigenvalue weighted by Gasteiger charge is -1.95. The standard InChI is InChI=1S/C10H14OS/c1-3-4-5-10-8(2)6-9(7-11)12-10/h6-7H,3-5H2,1-2H3. The summed E-state index contributed by atoms with van der Waals surface area (Å²) in [6.07, 6.45) is 4.50. The minimum absolute atomic E-state index is 0.860. The van der Waals surface area contributed by atoms with Crippen LogP contribution in [-0.4, -0.2) is 6.29 Å². The maximum atomic E-state index is 10.5. The van der Waals surface area contributed by atoms with E-state index in [0.29, 0.717) is 0 Å². The Bertz CT molecular complexity index is 263. The summed E-state index contributed by atoms with van der Waals surface area (Å²) >= 11 is 1.63. The number of carbonyl (C=O) groups is 1. The topological polar surface area (TPSA) is 17.1 Å². The number of hydrogen-bond donors (Lipinski definition) is 0. The number of carbonyl (C=O) groups excluding carboxylic acids is 1. The molecule has 0 bridgehead atoms. The maximum absolute atomic E-state index is 10.5. The number of aldehydes is 1. The molecule has 0 aliphatic rings. The Kier molecular flexibility index (Phi) is 3.48. The highest BCUT2D eigenvalue weighted by molar-refractivity contribution is 7.13. The first-order valence-corrected chi connectivity index (χ1v) is 5.14. The van der Waals surface area contributed by atoms with E-state index in [1.54, 1.807) is 11.3 Å². The van der Waals surface area contributed by atoms with Crippen molar-refractivity contribution >= 4 is 17.6 Å². The molecule has 0 saturated carbocycles. The first-order chi connectivity index (χ1) is 5.77. The number of aryl methyl sites for hydroxylation is 2. The third-order valence-electron chi connectivity index (χ3n) is 1.91. The van der Waals surface area contributed by atoms with E-state index in [-0.39, 0.29) is 0 Å². The Labute approximate surface area is 77.4 Å². The van der Waals surface area contributed by atoms with E-state index >= 15 is 0 Å². The predicted octanol–water partition coefficient (Wildman–Crippen LogP) is 3.21. The van der Waals surface area contributed by atoms with Gasteiger partial charge in [-0.2, -0.15) is 0 Å². The summed E-state index contributed by atoms with van der Waals surface area (Å²) in [5, 5.41) is 0. The number of thiophene rings is 1. The zero-order valence-electron chi connectivity index (χ0n) is 7.59. The van der Waals surface area contributed by atoms with Gasteiger partial charge in [-0.25, -0.2) is 0 Å². The molecule has 1 heterocycles. The lowest BCUT2D eigenvalue weighted by Crippen LogP contribution is -1.80. The molecule has 0 amide bonds. The molecule has 0 saturated heterocycles. The van der Waals surface area contributed by atoms with Crippen LogP contribution in [0.3, 0.4) is 0 Å². The Morgan fingerprint density at radius 3 is 2.83 bits per heavy atom. The molecule has 0 radical (unpaired) electrons. The molecule has 0 fully saturated rings. The molecule has 0 aromatic carbocycles. The number of rotatable bonds is 4. The summed E-state index contributed by atoms with van der Waals surface area (Å²) in [6.45, 7) is 4.26. The second-order valence-electron chi connectivity index (χ2n) is 2.98. The van der Waals surface area contributed by atoms with Gasteiger partial charge in [0.2, 0.25) is 0 Å². The molecule has 0 unspecified atom stereocenters. The summed E-state index contributed by atoms with van der Waals surface area (Å²) in [6, 6.07) is 1.97. The molecule has 0 aliphatic heterocycles. The number of hydrogen-bond acceptors (Lipinski definition) is 2. The summed E-state index contributed by atoms with van der Waals surface area (Å²) in [4.78, 5) is 12.7. The van der Waals surface area contributed by atoms with Gasteiger partial charge in [0, 0.05) is 4.88 Å². The van der Waals surface area contributed by atoms with E-state index in [2.05, 4.69) is 13.8 Å². The van der Waals surface area contributed by atoms with Crippen molar-refractivity contribution in [1.29, 1.82) is 0 Å². The molecule has 1 aromatic heterocycles. The third-order valence-corrected chi connectivity index (χ3v) is 3.14. The molecule has 1 rings (SSSR count). The van der Waals surface area contributed by atoms with Crippen molar-refractivity contribution < 1.29 is 4.79 Å². The van der Waals surface area contributed by atoms with E-state index in [1.165, 1.54) is 23.3 Å². The van der Waals surface area contributed by atoms with Crippen molar-refractivity contribution in [2.75, 3.05) is 0 Å². The van der Waals surface area contributed by atoms with E-state index < -0.39 is 0 Å². The Morgan fingerprint density at radius 2 is 2.33 bits per heavy atom. The van der Waals surface area contributed by atoms with E-state index in [0.717, 1.165) is 17.6 Å². The zero-order chi connectivity index (χ0) is 8.97. The van der Waals surface area contributed by atoms with Crippen LogP contribution in [-0.2, 0) is 6.42 Å². The van der Waals surface area contributed by atoms with Gasteiger partial charge in [-0.3, -0.25) is 4.79 Å². The molecule has 66 valence electrons. The molecule has 1 nitrogen and oxygen atoms in total. The highest BCUT2D eigenvalue weighted by Crippen LogP contribution is 2.22. The quantitative estimate of drug-likeness (QED) is 0.653. The minimum Gasteiger partial charge on any atom is -0.297 e. The summed E-state index contributed by atoms with van der Waals surface area (Å²) in [5.41, 5.74) is 1.27. The monoisotopic (exact) mass is 182 g/mol. The third kappa shape index (κ3) is 2.18. The van der Waals surface area contributed by atoms with Crippen molar-refractivity contribution in [2.24, 2.45) is 0 Å². The molecular weight excluding hydrogens is 168 g/mol. The second kappa shape index (κ2) is 4.41. The molecule has 12 heavy (non-hydrogen) atoms. The SMILES string of the molecule is CCCCc1sc(C=O)cc1C. The van der Waals surface area contributed by atoms with Gasteiger partial charge in [0.15, 0.2) is 6.29 Å². The van der Waals surface area contributed by atoms with Gasteiger partial charge in [-0.05, 0) is 31.4 Å². The molecule has 0 N–H and O–H groups in total. The summed E-state index contributed by atoms with van der Waals surface area (Å²) < 4.78 is 0. The number of unbranched alkanes of at least 4 members (excludes halogenated alkanes) is 1. The predicted molar refractivity (Wildman–Crippen MR) is 53.1 cm³/mol. The molecule has 0 aliphatic carbocycles. The first kappa shape index (κ1) is 9.46. The molecular formula is C10H14OS. The summed E-state index contributed by atoms with van der Waals surface area (Å²) in [5.74, 6) is 0. The maximum Gasteiger partial charge on any atom is 0.160 e. The normalized spacial score (nSPS) is 10.2. The van der Waals surface area contributed by atoms with Gasteiger partial charge in [-0.15, -0.1) is 11.3 Å². The van der Waals surface area contributed by atoms with Crippen LogP contribution in [0.2, 0.25) is 0 Å². The lowest BCUT2D eigenvalue weighted by molar-refractivity contribution is 0.112. The average Bonchev–Trinajstić information content (AvgIpc) is 2.43. The minimum atomic E-state index is 0.860. The van der Waals surface area contributed by atoms with Crippen LogP contribution in [0.1, 0.15) is 39.9 Å². The zero-order valence-corrected chi connectivity index (χ0v) is 8.41. The van der Waals surface area contributed by atoms with Gasteiger partial charge in [-0.1, -0.05) is 13.3 Å². The van der Waals surface area contributed by atoms with Crippen LogP contribution in [0, 0.1) is 6.92 Å². The van der Waals surface area contributed by atoms with Gasteiger partial charge in [0.1, 0.15) is 0 Å². The summed E-state index contributed by atoms with van der Waals surface area (Å²) in [7, 11) is 0. The fraction of sp³-hybridized carbons (Fsp3) is 0.500. The largest absolute Gasteiger partial charge is 0.297 e. The Morgan fingerprint density at radius 1 is 1.58 bits per heavy atom. The molecule has 0 spiro atoms. The highest BCUT2D eigenvalue weighted by atomic mass is 32.1. The van der Waals surface area contributed by atoms with Crippen LogP contribution in [0.15, 0.2) is 6.07 Å². The fourth-order valence-electron chi connectivity index (χ4n) is 1.19. The van der Waals surface area contributed by atoms with Crippen molar-refractivity contribution in [3.05, 3.63) is 21.4 Å². The van der Waals surface area contributed by atoms with Crippen LogP contribution in [0.4, 0.5) is 0 Å². The first-order valence-electron chi connectivity index (χ1n) is 4.32. The van der Waals surface area contributed by atoms with Crippen LogP contribution in [0.5, 0.6) is 0 Å². The smallest absolute Gasteiger partial charge is 0.160 e. The van der Waals surface area contributed by atoms with Gasteiger partial charge >= 0.3 is 0 Å². The second-order valence-corrected chi connectivity index (χ2v) is 4.14. The average molecular weight is 182 g/mol. The highest BCUT2D eigenvalue weighted by Gasteiger charge is 2.03. The van der Waals surface area contributed by atoms with Crippen LogP contribution >= 0.6 is 11.3 Å². The van der Waals surface area contributed by atoms with E-state index in [9.17, 15) is 4.79 Å². The molecule has 0 atom stereocenters. The van der Waals surface area contributed by atoms with Gasteiger partial charge in [0.05, 0.1) is 4.88 Å². The molecule has 1 aromatic rings. The Balaban J connectivity index is 2.70. The van der Waals surface area contributed by atoms with Crippen molar-refractivity contribution in [2.45, 2.75) is 33.1 Å². The molecule has 2 heteroatoms. The van der Waals surface area contributed by atoms with Crippen molar-refractivity contribution in [3.8, 4) is 0 Å². The van der Waals surface area contributed by atoms with E-state index in [1.807, 2.05) is 6.07 Å². The lowest BCUT2D eigenvalue weighted by atomic mass is 10.2. The van der Waals surface area contributed by atoms with E-state index in [4.69, 9.17) is 0 Å².